The van der Waals surface area contributed by atoms with Gasteiger partial charge in [0.15, 0.2) is 0 Å². The molecule has 0 saturated heterocycles. The van der Waals surface area contributed by atoms with Gasteiger partial charge in [0.1, 0.15) is 5.84 Å². The summed E-state index contributed by atoms with van der Waals surface area (Å²) in [6, 6.07) is 0. The average molecular weight is 614 g/mol. The molecule has 0 atom stereocenters. The van der Waals surface area contributed by atoms with E-state index in [2.05, 4.69) is 47.3 Å². The third-order valence-electron chi connectivity index (χ3n) is 9.13. The molecule has 1 aliphatic heterocycles. The average Bonchev–Trinajstić information content (AvgIpc) is 3.48. The first-order valence-corrected chi connectivity index (χ1v) is 19.7. The van der Waals surface area contributed by atoms with Crippen LogP contribution < -0.4 is 5.32 Å². The highest BCUT2D eigenvalue weighted by Gasteiger charge is 2.13. The Morgan fingerprint density at radius 1 is 0.614 bits per heavy atom. The Balaban J connectivity index is 1.91. The van der Waals surface area contributed by atoms with Crippen molar-refractivity contribution in [1.29, 1.82) is 0 Å². The lowest BCUT2D eigenvalue weighted by atomic mass is 10.0. The molecule has 1 heterocycles. The number of rotatable bonds is 33. The van der Waals surface area contributed by atoms with Crippen molar-refractivity contribution in [3.05, 3.63) is 24.3 Å². The summed E-state index contributed by atoms with van der Waals surface area (Å²) in [6.45, 7) is 7.91. The van der Waals surface area contributed by atoms with Crippen molar-refractivity contribution in [2.45, 2.75) is 194 Å². The number of carbonyl (C=O) groups is 1. The van der Waals surface area contributed by atoms with E-state index in [1.165, 1.54) is 167 Å². The van der Waals surface area contributed by atoms with E-state index in [9.17, 15) is 4.79 Å². The number of allylic oxidation sites excluding steroid dienone is 2. The predicted octanol–water partition coefficient (Wildman–Crippen LogP) is 11.9. The summed E-state index contributed by atoms with van der Waals surface area (Å²) in [6.07, 6.45) is 46.6. The van der Waals surface area contributed by atoms with Crippen molar-refractivity contribution in [2.75, 3.05) is 26.2 Å². The molecule has 0 saturated carbocycles. The maximum atomic E-state index is 12.2. The molecule has 0 bridgehead atoms. The molecule has 256 valence electrons. The second-order valence-corrected chi connectivity index (χ2v) is 13.4. The van der Waals surface area contributed by atoms with E-state index in [1.807, 2.05) is 0 Å². The largest absolute Gasteiger partial charge is 0.353 e. The summed E-state index contributed by atoms with van der Waals surface area (Å²) in [5, 5.41) is 3.06. The van der Waals surface area contributed by atoms with E-state index in [1.54, 1.807) is 6.08 Å². The molecule has 0 aromatic heterocycles. The van der Waals surface area contributed by atoms with E-state index in [4.69, 9.17) is 0 Å². The number of nitrogens with zero attached hydrogens (tertiary/aromatic N) is 2. The third kappa shape index (κ3) is 26.8. The normalized spacial score (nSPS) is 13.5. The molecule has 0 aliphatic carbocycles. The third-order valence-corrected chi connectivity index (χ3v) is 9.13. The number of aliphatic imine (C=N–C) groups is 1. The second-order valence-electron chi connectivity index (χ2n) is 13.4. The van der Waals surface area contributed by atoms with Gasteiger partial charge in [-0.1, -0.05) is 180 Å². The molecule has 0 fully saturated rings. The first-order chi connectivity index (χ1) is 21.8. The molecular weight excluding hydrogens is 538 g/mol. The predicted molar refractivity (Wildman–Crippen MR) is 196 cm³/mol. The maximum Gasteiger partial charge on any atom is 0.243 e. The van der Waals surface area contributed by atoms with Crippen LogP contribution in [0.5, 0.6) is 0 Å². The SMILES string of the molecule is CCCCCCCCCCCCCCCC=CC(=O)NCCN1CCN=C1C=CCCCCCCCCCCCCCCC. The fourth-order valence-corrected chi connectivity index (χ4v) is 6.20. The van der Waals surface area contributed by atoms with Crippen LogP contribution in [0.2, 0.25) is 0 Å². The van der Waals surface area contributed by atoms with E-state index in [0.717, 1.165) is 38.3 Å². The maximum absolute atomic E-state index is 12.2. The summed E-state index contributed by atoms with van der Waals surface area (Å²) in [5.41, 5.74) is 0. The molecule has 1 N–H and O–H groups in total. The summed E-state index contributed by atoms with van der Waals surface area (Å²) in [7, 11) is 0. The van der Waals surface area contributed by atoms with Crippen LogP contribution in [-0.2, 0) is 4.79 Å². The Bertz CT molecular complexity index is 713. The summed E-state index contributed by atoms with van der Waals surface area (Å²) < 4.78 is 0. The van der Waals surface area contributed by atoms with E-state index >= 15 is 0 Å². The van der Waals surface area contributed by atoms with Gasteiger partial charge < -0.3 is 10.2 Å². The Labute approximate surface area is 275 Å². The molecule has 0 spiro atoms. The number of carbonyl (C=O) groups excluding carboxylic acids is 1. The molecule has 1 rings (SSSR count). The second kappa shape index (κ2) is 32.8. The Kier molecular flexibility index (Phi) is 30.2. The van der Waals surface area contributed by atoms with E-state index < -0.39 is 0 Å². The van der Waals surface area contributed by atoms with Crippen LogP contribution in [0, 0.1) is 0 Å². The zero-order valence-corrected chi connectivity index (χ0v) is 29.7. The summed E-state index contributed by atoms with van der Waals surface area (Å²) in [5.74, 6) is 1.13. The monoisotopic (exact) mass is 614 g/mol. The van der Waals surface area contributed by atoms with Gasteiger partial charge in [-0.15, -0.1) is 0 Å². The Morgan fingerprint density at radius 2 is 1.02 bits per heavy atom. The van der Waals surface area contributed by atoms with Crippen molar-refractivity contribution in [3.8, 4) is 0 Å². The standard InChI is InChI=1S/C40H75N3O/c1-3-5-7-9-11-13-15-17-19-21-23-25-27-29-31-33-39-41-35-37-43(39)38-36-42-40(44)34-32-30-28-26-24-22-20-18-16-14-12-10-8-6-4-2/h31-34H,3-30,35-38H2,1-2H3,(H,42,44). The highest BCUT2D eigenvalue weighted by molar-refractivity contribution is 5.94. The van der Waals surface area contributed by atoms with E-state index in [0.29, 0.717) is 6.54 Å². The molecule has 0 aromatic carbocycles. The van der Waals surface area contributed by atoms with Gasteiger partial charge in [0, 0.05) is 19.6 Å². The first kappa shape index (κ1) is 40.4. The number of amidine groups is 1. The molecular formula is C40H75N3O. The number of amides is 1. The molecule has 1 amide bonds. The molecule has 44 heavy (non-hydrogen) atoms. The minimum Gasteiger partial charge on any atom is -0.353 e. The molecule has 4 heteroatoms. The smallest absolute Gasteiger partial charge is 0.243 e. The topological polar surface area (TPSA) is 44.7 Å². The zero-order valence-electron chi connectivity index (χ0n) is 29.7. The van der Waals surface area contributed by atoms with Gasteiger partial charge in [-0.25, -0.2) is 0 Å². The lowest BCUT2D eigenvalue weighted by molar-refractivity contribution is -0.116. The van der Waals surface area contributed by atoms with Crippen molar-refractivity contribution in [2.24, 2.45) is 4.99 Å². The molecule has 0 aromatic rings. The molecule has 0 unspecified atom stereocenters. The van der Waals surface area contributed by atoms with Gasteiger partial charge in [-0.2, -0.15) is 0 Å². The van der Waals surface area contributed by atoms with Crippen molar-refractivity contribution >= 4 is 11.7 Å². The lowest BCUT2D eigenvalue weighted by Gasteiger charge is -2.18. The van der Waals surface area contributed by atoms with Crippen LogP contribution in [0.15, 0.2) is 29.3 Å². The van der Waals surface area contributed by atoms with Crippen molar-refractivity contribution in [1.82, 2.24) is 10.2 Å². The van der Waals surface area contributed by atoms with Gasteiger partial charge in [0.2, 0.25) is 5.91 Å². The first-order valence-electron chi connectivity index (χ1n) is 19.7. The fourth-order valence-electron chi connectivity index (χ4n) is 6.20. The number of unbranched alkanes of at least 4 members (excludes halogenated alkanes) is 26. The van der Waals surface area contributed by atoms with Gasteiger partial charge in [-0.3, -0.25) is 9.79 Å². The Morgan fingerprint density at radius 3 is 1.48 bits per heavy atom. The minimum atomic E-state index is 0.0373. The van der Waals surface area contributed by atoms with Crippen LogP contribution in [0.3, 0.4) is 0 Å². The zero-order chi connectivity index (χ0) is 31.6. The molecule has 1 aliphatic rings. The van der Waals surface area contributed by atoms with Crippen molar-refractivity contribution in [3.63, 3.8) is 0 Å². The van der Waals surface area contributed by atoms with Gasteiger partial charge in [0.05, 0.1) is 6.54 Å². The molecule has 4 nitrogen and oxygen atoms in total. The van der Waals surface area contributed by atoms with Crippen LogP contribution >= 0.6 is 0 Å². The summed E-state index contributed by atoms with van der Waals surface area (Å²) in [4.78, 5) is 19.2. The van der Waals surface area contributed by atoms with Crippen LogP contribution in [-0.4, -0.2) is 42.8 Å². The Hall–Kier alpha value is -1.58. The number of nitrogens with one attached hydrogen (secondary N) is 1. The molecule has 0 radical (unpaired) electrons. The van der Waals surface area contributed by atoms with Gasteiger partial charge in [0.25, 0.3) is 0 Å². The highest BCUT2D eigenvalue weighted by atomic mass is 16.1. The quantitative estimate of drug-likeness (QED) is 0.0591. The van der Waals surface area contributed by atoms with Crippen LogP contribution in [0.4, 0.5) is 0 Å². The highest BCUT2D eigenvalue weighted by Crippen LogP contribution is 2.14. The minimum absolute atomic E-state index is 0.0373. The lowest BCUT2D eigenvalue weighted by Crippen LogP contribution is -2.35. The fraction of sp³-hybridized carbons (Fsp3) is 0.850. The van der Waals surface area contributed by atoms with E-state index in [-0.39, 0.29) is 5.91 Å². The number of hydrogen-bond acceptors (Lipinski definition) is 3. The van der Waals surface area contributed by atoms with Crippen LogP contribution in [0.25, 0.3) is 0 Å². The van der Waals surface area contributed by atoms with Gasteiger partial charge in [-0.05, 0) is 37.8 Å². The summed E-state index contributed by atoms with van der Waals surface area (Å²) >= 11 is 0. The van der Waals surface area contributed by atoms with Gasteiger partial charge >= 0.3 is 0 Å². The van der Waals surface area contributed by atoms with Crippen molar-refractivity contribution < 1.29 is 4.79 Å². The van der Waals surface area contributed by atoms with Crippen LogP contribution in [0.1, 0.15) is 194 Å². The number of hydrogen-bond donors (Lipinski definition) is 1.